The molecule has 2 rings (SSSR count). The van der Waals surface area contributed by atoms with Crippen LogP contribution >= 0.6 is 0 Å². The van der Waals surface area contributed by atoms with Gasteiger partial charge in [-0.25, -0.2) is 0 Å². The molecule has 0 bridgehead atoms. The van der Waals surface area contributed by atoms with Crippen molar-refractivity contribution in [2.75, 3.05) is 14.1 Å². The monoisotopic (exact) mass is 153 g/mol. The highest BCUT2D eigenvalue weighted by Gasteiger charge is 2.62. The third kappa shape index (κ3) is 0.815. The van der Waals surface area contributed by atoms with E-state index >= 15 is 0 Å². The molecule has 11 heavy (non-hydrogen) atoms. The van der Waals surface area contributed by atoms with Gasteiger partial charge in [0.1, 0.15) is 0 Å². The maximum atomic E-state index is 11.6. The smallest absolute Gasteiger partial charge is 0.228 e. The zero-order valence-corrected chi connectivity index (χ0v) is 7.26. The third-order valence-corrected chi connectivity index (χ3v) is 3.24. The summed E-state index contributed by atoms with van der Waals surface area (Å²) >= 11 is 0. The van der Waals surface area contributed by atoms with Gasteiger partial charge in [-0.15, -0.1) is 0 Å². The first-order valence-corrected chi connectivity index (χ1v) is 4.38. The number of amides is 1. The van der Waals surface area contributed by atoms with E-state index in [9.17, 15) is 4.79 Å². The van der Waals surface area contributed by atoms with Gasteiger partial charge in [0.05, 0.1) is 5.41 Å². The Bertz CT molecular complexity index is 200. The van der Waals surface area contributed by atoms with Crippen molar-refractivity contribution in [2.24, 2.45) is 11.3 Å². The summed E-state index contributed by atoms with van der Waals surface area (Å²) < 4.78 is 0. The minimum atomic E-state index is 0.128. The van der Waals surface area contributed by atoms with Gasteiger partial charge in [0.15, 0.2) is 0 Å². The van der Waals surface area contributed by atoms with Gasteiger partial charge in [0.2, 0.25) is 5.91 Å². The quantitative estimate of drug-likeness (QED) is 0.555. The minimum Gasteiger partial charge on any atom is -0.348 e. The normalized spacial score (nSPS) is 40.0. The lowest BCUT2D eigenvalue weighted by molar-refractivity contribution is -0.134. The van der Waals surface area contributed by atoms with Crippen LogP contribution in [0, 0.1) is 11.3 Å². The van der Waals surface area contributed by atoms with Crippen LogP contribution in [0.4, 0.5) is 0 Å². The van der Waals surface area contributed by atoms with Crippen LogP contribution in [0.15, 0.2) is 0 Å². The van der Waals surface area contributed by atoms with Crippen molar-refractivity contribution in [1.29, 1.82) is 0 Å². The summed E-state index contributed by atoms with van der Waals surface area (Å²) in [5.74, 6) is 1.12. The lowest BCUT2D eigenvalue weighted by Gasteiger charge is -2.17. The highest BCUT2D eigenvalue weighted by molar-refractivity contribution is 5.86. The van der Waals surface area contributed by atoms with E-state index in [0.29, 0.717) is 5.91 Å². The fourth-order valence-electron chi connectivity index (χ4n) is 2.54. The average molecular weight is 153 g/mol. The SMILES string of the molecule is CN(C)C(=O)C12CCCC1C2. The Hall–Kier alpha value is -0.530. The van der Waals surface area contributed by atoms with Crippen molar-refractivity contribution >= 4 is 5.91 Å². The molecule has 0 radical (unpaired) electrons. The van der Waals surface area contributed by atoms with E-state index in [-0.39, 0.29) is 5.41 Å². The second-order valence-corrected chi connectivity index (χ2v) is 4.15. The van der Waals surface area contributed by atoms with Crippen LogP contribution in [0.3, 0.4) is 0 Å². The standard InChI is InChI=1S/C9H15NO/c1-10(2)8(11)9-5-3-4-7(9)6-9/h7H,3-6H2,1-2H3. The number of rotatable bonds is 1. The maximum Gasteiger partial charge on any atom is 0.228 e. The Morgan fingerprint density at radius 1 is 1.55 bits per heavy atom. The molecular formula is C9H15NO. The molecule has 1 amide bonds. The zero-order valence-electron chi connectivity index (χ0n) is 7.26. The first-order chi connectivity index (χ1) is 5.17. The molecule has 2 fully saturated rings. The molecule has 0 aromatic heterocycles. The second-order valence-electron chi connectivity index (χ2n) is 4.15. The highest BCUT2D eigenvalue weighted by Crippen LogP contribution is 2.64. The van der Waals surface area contributed by atoms with Crippen LogP contribution < -0.4 is 0 Å². The van der Waals surface area contributed by atoms with Gasteiger partial charge >= 0.3 is 0 Å². The summed E-state index contributed by atoms with van der Waals surface area (Å²) in [7, 11) is 3.73. The van der Waals surface area contributed by atoms with E-state index in [4.69, 9.17) is 0 Å². The van der Waals surface area contributed by atoms with Crippen molar-refractivity contribution in [3.05, 3.63) is 0 Å². The van der Waals surface area contributed by atoms with Gasteiger partial charge in [-0.2, -0.15) is 0 Å². The molecule has 0 saturated heterocycles. The first-order valence-electron chi connectivity index (χ1n) is 4.38. The summed E-state index contributed by atoms with van der Waals surface area (Å²) in [6.07, 6.45) is 4.88. The van der Waals surface area contributed by atoms with Gasteiger partial charge in [-0.05, 0) is 25.2 Å². The molecule has 0 N–H and O–H groups in total. The van der Waals surface area contributed by atoms with Crippen LogP contribution in [0.5, 0.6) is 0 Å². The van der Waals surface area contributed by atoms with E-state index in [2.05, 4.69) is 0 Å². The zero-order chi connectivity index (χ0) is 8.06. The summed E-state index contributed by atoms with van der Waals surface area (Å²) in [4.78, 5) is 13.4. The Balaban J connectivity index is 2.11. The molecule has 0 aliphatic heterocycles. The Morgan fingerprint density at radius 3 is 2.64 bits per heavy atom. The van der Waals surface area contributed by atoms with E-state index < -0.39 is 0 Å². The van der Waals surface area contributed by atoms with E-state index in [1.807, 2.05) is 14.1 Å². The lowest BCUT2D eigenvalue weighted by Crippen LogP contribution is -2.30. The van der Waals surface area contributed by atoms with E-state index in [1.165, 1.54) is 19.3 Å². The van der Waals surface area contributed by atoms with Crippen molar-refractivity contribution in [1.82, 2.24) is 4.90 Å². The summed E-state index contributed by atoms with van der Waals surface area (Å²) in [5, 5.41) is 0. The molecule has 0 heterocycles. The van der Waals surface area contributed by atoms with Crippen LogP contribution in [0.2, 0.25) is 0 Å². The van der Waals surface area contributed by atoms with Crippen LogP contribution in [-0.4, -0.2) is 24.9 Å². The van der Waals surface area contributed by atoms with Crippen molar-refractivity contribution in [3.8, 4) is 0 Å². The largest absolute Gasteiger partial charge is 0.348 e. The molecule has 2 heteroatoms. The summed E-state index contributed by atoms with van der Waals surface area (Å²) in [6.45, 7) is 0. The Labute approximate surface area is 67.6 Å². The molecule has 0 aromatic rings. The number of nitrogens with zero attached hydrogens (tertiary/aromatic N) is 1. The number of fused-ring (bicyclic) bond motifs is 1. The van der Waals surface area contributed by atoms with Gasteiger partial charge in [-0.1, -0.05) is 6.42 Å². The van der Waals surface area contributed by atoms with Gasteiger partial charge < -0.3 is 4.90 Å². The number of carbonyl (C=O) groups excluding carboxylic acids is 1. The van der Waals surface area contributed by atoms with Gasteiger partial charge in [0, 0.05) is 14.1 Å². The van der Waals surface area contributed by atoms with E-state index in [1.54, 1.807) is 4.90 Å². The number of hydrogen-bond donors (Lipinski definition) is 0. The van der Waals surface area contributed by atoms with Crippen molar-refractivity contribution < 1.29 is 4.79 Å². The van der Waals surface area contributed by atoms with Crippen LogP contribution in [-0.2, 0) is 4.79 Å². The average Bonchev–Trinajstić information content (AvgIpc) is 2.54. The molecule has 62 valence electrons. The summed E-state index contributed by atoms with van der Waals surface area (Å²) in [5.41, 5.74) is 0.128. The van der Waals surface area contributed by atoms with Crippen LogP contribution in [0.1, 0.15) is 25.7 Å². The molecule has 2 saturated carbocycles. The van der Waals surface area contributed by atoms with Gasteiger partial charge in [0.25, 0.3) is 0 Å². The molecule has 0 aromatic carbocycles. The molecule has 2 atom stereocenters. The van der Waals surface area contributed by atoms with Crippen molar-refractivity contribution in [2.45, 2.75) is 25.7 Å². The molecule has 2 aliphatic carbocycles. The predicted molar refractivity (Wildman–Crippen MR) is 43.1 cm³/mol. The highest BCUT2D eigenvalue weighted by atomic mass is 16.2. The fraction of sp³-hybridized carbons (Fsp3) is 0.889. The molecule has 2 nitrogen and oxygen atoms in total. The fourth-order valence-corrected chi connectivity index (χ4v) is 2.54. The molecule has 2 unspecified atom stereocenters. The Morgan fingerprint density at radius 2 is 2.27 bits per heavy atom. The number of hydrogen-bond acceptors (Lipinski definition) is 1. The molecule has 0 spiro atoms. The lowest BCUT2D eigenvalue weighted by atomic mass is 10.0. The Kier molecular flexibility index (Phi) is 1.29. The van der Waals surface area contributed by atoms with E-state index in [0.717, 1.165) is 12.3 Å². The molecular weight excluding hydrogens is 138 g/mol. The third-order valence-electron chi connectivity index (χ3n) is 3.24. The second kappa shape index (κ2) is 1.99. The summed E-state index contributed by atoms with van der Waals surface area (Å²) in [6, 6.07) is 0. The number of carbonyl (C=O) groups is 1. The minimum absolute atomic E-state index is 0.128. The van der Waals surface area contributed by atoms with Crippen LogP contribution in [0.25, 0.3) is 0 Å². The van der Waals surface area contributed by atoms with Crippen molar-refractivity contribution in [3.63, 3.8) is 0 Å². The predicted octanol–water partition coefficient (Wildman–Crippen LogP) is 1.26. The topological polar surface area (TPSA) is 20.3 Å². The van der Waals surface area contributed by atoms with Gasteiger partial charge in [-0.3, -0.25) is 4.79 Å². The first kappa shape index (κ1) is 7.14. The molecule has 2 aliphatic rings. The maximum absolute atomic E-state index is 11.6.